The highest BCUT2D eigenvalue weighted by Crippen LogP contribution is 2.34. The second-order valence-electron chi connectivity index (χ2n) is 5.91. The molecule has 1 aromatic heterocycles. The average Bonchev–Trinajstić information content (AvgIpc) is 3.02. The molecule has 1 aromatic rings. The monoisotopic (exact) mass is 369 g/mol. The lowest BCUT2D eigenvalue weighted by Crippen LogP contribution is -2.33. The molecule has 0 bridgehead atoms. The third-order valence-corrected chi connectivity index (χ3v) is 4.18. The fourth-order valence-corrected chi connectivity index (χ4v) is 2.52. The lowest BCUT2D eigenvalue weighted by molar-refractivity contribution is 0.0530. The molecule has 0 N–H and O–H groups in total. The Morgan fingerprint density at radius 1 is 0.731 bits per heavy atom. The van der Waals surface area contributed by atoms with Crippen LogP contribution in [0.15, 0.2) is 0 Å². The molecule has 0 saturated carbocycles. The van der Waals surface area contributed by atoms with E-state index in [9.17, 15) is 19.2 Å². The van der Waals surface area contributed by atoms with Gasteiger partial charge in [-0.25, -0.2) is 19.2 Å². The number of ether oxygens (including phenoxy) is 4. The maximum absolute atomic E-state index is 12.5. The first kappa shape index (κ1) is 21.2. The minimum absolute atomic E-state index is 0.285. The third-order valence-electron chi connectivity index (χ3n) is 4.18. The van der Waals surface area contributed by atoms with Gasteiger partial charge in [0.25, 0.3) is 0 Å². The van der Waals surface area contributed by atoms with Crippen molar-refractivity contribution in [2.75, 3.05) is 28.4 Å². The van der Waals surface area contributed by atoms with Gasteiger partial charge in [-0.1, -0.05) is 6.92 Å². The van der Waals surface area contributed by atoms with Gasteiger partial charge in [0, 0.05) is 5.54 Å². The van der Waals surface area contributed by atoms with Crippen molar-refractivity contribution < 1.29 is 38.1 Å². The van der Waals surface area contributed by atoms with Crippen LogP contribution in [0.2, 0.25) is 0 Å². The Hall–Kier alpha value is -2.84. The van der Waals surface area contributed by atoms with E-state index in [1.165, 1.54) is 4.57 Å². The molecule has 0 radical (unpaired) electrons. The quantitative estimate of drug-likeness (QED) is 0.551. The van der Waals surface area contributed by atoms with Gasteiger partial charge < -0.3 is 23.5 Å². The molecule has 1 heterocycles. The van der Waals surface area contributed by atoms with Crippen molar-refractivity contribution >= 4 is 23.9 Å². The minimum Gasteiger partial charge on any atom is -0.465 e. The SMILES string of the molecule is CCC(C)(C)n1c(C(=O)OC)c(C(=O)OC)c(C(=O)OC)c1C(=O)OC. The van der Waals surface area contributed by atoms with Crippen molar-refractivity contribution in [3.05, 3.63) is 22.5 Å². The Bertz CT molecular complexity index is 691. The maximum Gasteiger partial charge on any atom is 0.355 e. The average molecular weight is 369 g/mol. The molecule has 0 unspecified atom stereocenters. The molecule has 0 saturated heterocycles. The molecule has 9 heteroatoms. The summed E-state index contributed by atoms with van der Waals surface area (Å²) < 4.78 is 20.2. The van der Waals surface area contributed by atoms with Crippen molar-refractivity contribution in [1.82, 2.24) is 4.57 Å². The van der Waals surface area contributed by atoms with Crippen LogP contribution in [0.3, 0.4) is 0 Å². The van der Waals surface area contributed by atoms with Crippen LogP contribution >= 0.6 is 0 Å². The predicted octanol–water partition coefficient (Wildman–Crippen LogP) is 1.78. The highest BCUT2D eigenvalue weighted by Gasteiger charge is 2.42. The van der Waals surface area contributed by atoms with E-state index in [-0.39, 0.29) is 11.4 Å². The van der Waals surface area contributed by atoms with Crippen LogP contribution in [0, 0.1) is 0 Å². The normalized spacial score (nSPS) is 10.9. The van der Waals surface area contributed by atoms with Gasteiger partial charge in [-0.3, -0.25) is 0 Å². The van der Waals surface area contributed by atoms with E-state index in [1.807, 2.05) is 6.92 Å². The molecule has 0 amide bonds. The summed E-state index contributed by atoms with van der Waals surface area (Å²) in [5.74, 6) is -3.79. The fourth-order valence-electron chi connectivity index (χ4n) is 2.52. The summed E-state index contributed by atoms with van der Waals surface area (Å²) in [6.07, 6.45) is 0.455. The number of nitrogens with zero attached hydrogens (tertiary/aromatic N) is 1. The van der Waals surface area contributed by atoms with Gasteiger partial charge in [0.1, 0.15) is 22.5 Å². The molecule has 0 aliphatic rings. The summed E-state index contributed by atoms with van der Waals surface area (Å²) in [7, 11) is 4.42. The van der Waals surface area contributed by atoms with E-state index >= 15 is 0 Å². The second-order valence-corrected chi connectivity index (χ2v) is 5.91. The van der Waals surface area contributed by atoms with Gasteiger partial charge in [-0.2, -0.15) is 0 Å². The van der Waals surface area contributed by atoms with Gasteiger partial charge in [-0.05, 0) is 20.3 Å². The lowest BCUT2D eigenvalue weighted by atomic mass is 10.0. The number of carbonyl (C=O) groups is 4. The minimum atomic E-state index is -0.985. The summed E-state index contributed by atoms with van der Waals surface area (Å²) in [5.41, 5.74) is -2.23. The summed E-state index contributed by atoms with van der Waals surface area (Å²) in [6, 6.07) is 0. The van der Waals surface area contributed by atoms with Crippen LogP contribution in [0.25, 0.3) is 0 Å². The number of carbonyl (C=O) groups excluding carboxylic acids is 4. The number of esters is 4. The maximum atomic E-state index is 12.5. The van der Waals surface area contributed by atoms with Crippen LogP contribution in [-0.4, -0.2) is 56.9 Å². The summed E-state index contributed by atoms with van der Waals surface area (Å²) >= 11 is 0. The molecule has 0 spiro atoms. The lowest BCUT2D eigenvalue weighted by Gasteiger charge is -2.29. The van der Waals surface area contributed by atoms with Crippen molar-refractivity contribution in [2.24, 2.45) is 0 Å². The zero-order chi connectivity index (χ0) is 20.2. The zero-order valence-electron chi connectivity index (χ0n) is 15.9. The van der Waals surface area contributed by atoms with Gasteiger partial charge in [0.2, 0.25) is 0 Å². The van der Waals surface area contributed by atoms with E-state index in [4.69, 9.17) is 18.9 Å². The van der Waals surface area contributed by atoms with E-state index in [0.717, 1.165) is 28.4 Å². The molecule has 0 atom stereocenters. The van der Waals surface area contributed by atoms with Crippen molar-refractivity contribution in [1.29, 1.82) is 0 Å². The summed E-state index contributed by atoms with van der Waals surface area (Å²) in [5, 5.41) is 0. The molecular formula is C17H23NO8. The molecule has 0 fully saturated rings. The van der Waals surface area contributed by atoms with E-state index in [2.05, 4.69) is 0 Å². The number of hydrogen-bond acceptors (Lipinski definition) is 8. The summed E-state index contributed by atoms with van der Waals surface area (Å²) in [4.78, 5) is 49.7. The van der Waals surface area contributed by atoms with Crippen LogP contribution in [0.4, 0.5) is 0 Å². The molecule has 0 aliphatic carbocycles. The van der Waals surface area contributed by atoms with E-state index < -0.39 is 40.5 Å². The molecule has 26 heavy (non-hydrogen) atoms. The topological polar surface area (TPSA) is 110 Å². The molecule has 0 aromatic carbocycles. The number of aromatic nitrogens is 1. The van der Waals surface area contributed by atoms with Crippen molar-refractivity contribution in [2.45, 2.75) is 32.7 Å². The van der Waals surface area contributed by atoms with Gasteiger partial charge >= 0.3 is 23.9 Å². The van der Waals surface area contributed by atoms with Crippen molar-refractivity contribution in [3.63, 3.8) is 0 Å². The largest absolute Gasteiger partial charge is 0.465 e. The van der Waals surface area contributed by atoms with Crippen LogP contribution < -0.4 is 0 Å². The standard InChI is InChI=1S/C17H23NO8/c1-8-17(2,3)18-11(15(21)25-6)9(13(19)23-4)10(14(20)24-5)12(18)16(22)26-7/h8H2,1-7H3. The summed E-state index contributed by atoms with van der Waals surface area (Å²) in [6.45, 7) is 5.28. The van der Waals surface area contributed by atoms with Crippen molar-refractivity contribution in [3.8, 4) is 0 Å². The Labute approximate surface area is 151 Å². The molecule has 9 nitrogen and oxygen atoms in total. The molecule has 144 valence electrons. The highest BCUT2D eigenvalue weighted by molar-refractivity contribution is 6.15. The van der Waals surface area contributed by atoms with Crippen LogP contribution in [0.1, 0.15) is 68.9 Å². The number of methoxy groups -OCH3 is 4. The van der Waals surface area contributed by atoms with Gasteiger partial charge in [-0.15, -0.1) is 0 Å². The third kappa shape index (κ3) is 3.42. The second kappa shape index (κ2) is 8.03. The number of rotatable bonds is 6. The molecule has 0 aliphatic heterocycles. The zero-order valence-corrected chi connectivity index (χ0v) is 15.9. The van der Waals surface area contributed by atoms with Crippen LogP contribution in [0.5, 0.6) is 0 Å². The van der Waals surface area contributed by atoms with E-state index in [0.29, 0.717) is 6.42 Å². The Balaban J connectivity index is 4.24. The first-order valence-corrected chi connectivity index (χ1v) is 7.75. The Morgan fingerprint density at radius 2 is 1.04 bits per heavy atom. The Kier molecular flexibility index (Phi) is 6.55. The smallest absolute Gasteiger partial charge is 0.355 e. The van der Waals surface area contributed by atoms with Gasteiger partial charge in [0.05, 0.1) is 28.4 Å². The predicted molar refractivity (Wildman–Crippen MR) is 89.4 cm³/mol. The van der Waals surface area contributed by atoms with Gasteiger partial charge in [0.15, 0.2) is 0 Å². The first-order chi connectivity index (χ1) is 12.1. The molecule has 1 rings (SSSR count). The molecular weight excluding hydrogens is 346 g/mol. The fraction of sp³-hybridized carbons (Fsp3) is 0.529. The van der Waals surface area contributed by atoms with E-state index in [1.54, 1.807) is 13.8 Å². The first-order valence-electron chi connectivity index (χ1n) is 7.75. The Morgan fingerprint density at radius 3 is 1.27 bits per heavy atom. The highest BCUT2D eigenvalue weighted by atomic mass is 16.5. The van der Waals surface area contributed by atoms with Crippen LogP contribution in [-0.2, 0) is 24.5 Å². The number of hydrogen-bond donors (Lipinski definition) is 0.